The minimum absolute atomic E-state index is 0. The molecule has 12 heavy (non-hydrogen) atoms. The van der Waals surface area contributed by atoms with E-state index in [1.165, 1.54) is 0 Å². The maximum absolute atomic E-state index is 10.7. The number of azide groups is 1. The van der Waals surface area contributed by atoms with Crippen molar-refractivity contribution in [1.82, 2.24) is 0 Å². The van der Waals surface area contributed by atoms with Gasteiger partial charge in [-0.1, -0.05) is 5.11 Å². The molecular formula is C5H11ClN4O2. The van der Waals surface area contributed by atoms with Crippen LogP contribution in [-0.4, -0.2) is 25.2 Å². The fourth-order valence-electron chi connectivity index (χ4n) is 0.448. The van der Waals surface area contributed by atoms with Gasteiger partial charge in [-0.25, -0.2) is 0 Å². The largest absolute Gasteiger partial charge is 0.465 e. The SMILES string of the molecule is CCOC(=O)[C@@H](N)CN=[N+]=[N-].Cl. The third-order valence-corrected chi connectivity index (χ3v) is 0.931. The van der Waals surface area contributed by atoms with Crippen molar-refractivity contribution in [3.05, 3.63) is 10.4 Å². The molecule has 0 saturated heterocycles. The van der Waals surface area contributed by atoms with Crippen LogP contribution in [-0.2, 0) is 9.53 Å². The smallest absolute Gasteiger partial charge is 0.323 e. The standard InChI is InChI=1S/C5H10N4O2.ClH/c1-2-11-5(10)4(6)3-8-9-7;/h4H,2-3,6H2,1H3;1H/t4-;/m0./s1. The molecule has 70 valence electrons. The molecule has 0 saturated carbocycles. The summed E-state index contributed by atoms with van der Waals surface area (Å²) < 4.78 is 4.55. The number of nitrogens with zero attached hydrogens (tertiary/aromatic N) is 3. The van der Waals surface area contributed by atoms with Gasteiger partial charge in [-0.2, -0.15) is 0 Å². The second-order valence-corrected chi connectivity index (χ2v) is 1.77. The highest BCUT2D eigenvalue weighted by Gasteiger charge is 2.12. The van der Waals surface area contributed by atoms with Crippen molar-refractivity contribution < 1.29 is 9.53 Å². The molecule has 0 fully saturated rings. The molecule has 0 unspecified atom stereocenters. The van der Waals surface area contributed by atoms with Crippen molar-refractivity contribution in [2.45, 2.75) is 13.0 Å². The third kappa shape index (κ3) is 5.79. The van der Waals surface area contributed by atoms with Crippen LogP contribution in [0.25, 0.3) is 10.4 Å². The zero-order valence-electron chi connectivity index (χ0n) is 6.64. The van der Waals surface area contributed by atoms with Gasteiger partial charge in [0.15, 0.2) is 0 Å². The van der Waals surface area contributed by atoms with Crippen LogP contribution in [0.15, 0.2) is 5.11 Å². The molecule has 0 rings (SSSR count). The first-order valence-electron chi connectivity index (χ1n) is 3.15. The third-order valence-electron chi connectivity index (χ3n) is 0.931. The number of nitrogens with two attached hydrogens (primary N) is 1. The van der Waals surface area contributed by atoms with Crippen LogP contribution < -0.4 is 5.73 Å². The Bertz CT molecular complexity index is 180. The first-order chi connectivity index (χ1) is 5.22. The molecule has 0 aromatic heterocycles. The first kappa shape index (κ1) is 13.6. The van der Waals surface area contributed by atoms with Crippen molar-refractivity contribution in [3.63, 3.8) is 0 Å². The van der Waals surface area contributed by atoms with Crippen LogP contribution >= 0.6 is 12.4 Å². The van der Waals surface area contributed by atoms with Crippen LogP contribution in [0, 0.1) is 0 Å². The topological polar surface area (TPSA) is 101 Å². The van der Waals surface area contributed by atoms with Gasteiger partial charge in [0.05, 0.1) is 13.2 Å². The summed E-state index contributed by atoms with van der Waals surface area (Å²) in [5, 5.41) is 3.13. The molecule has 2 N–H and O–H groups in total. The number of carbonyl (C=O) groups is 1. The van der Waals surface area contributed by atoms with E-state index >= 15 is 0 Å². The molecule has 0 aromatic rings. The van der Waals surface area contributed by atoms with Gasteiger partial charge in [-0.15, -0.1) is 12.4 Å². The zero-order chi connectivity index (χ0) is 8.69. The van der Waals surface area contributed by atoms with Gasteiger partial charge in [-0.3, -0.25) is 4.79 Å². The minimum Gasteiger partial charge on any atom is -0.465 e. The van der Waals surface area contributed by atoms with Crippen LogP contribution in [0.1, 0.15) is 6.92 Å². The highest BCUT2D eigenvalue weighted by Crippen LogP contribution is 1.86. The highest BCUT2D eigenvalue weighted by atomic mass is 35.5. The van der Waals surface area contributed by atoms with Crippen LogP contribution in [0.3, 0.4) is 0 Å². The predicted molar refractivity (Wildman–Crippen MR) is 45.9 cm³/mol. The quantitative estimate of drug-likeness (QED) is 0.307. The monoisotopic (exact) mass is 194 g/mol. The molecule has 0 radical (unpaired) electrons. The van der Waals surface area contributed by atoms with E-state index in [1.54, 1.807) is 6.92 Å². The van der Waals surface area contributed by atoms with Gasteiger partial charge < -0.3 is 10.5 Å². The van der Waals surface area contributed by atoms with Gasteiger partial charge in [0.25, 0.3) is 0 Å². The Morgan fingerprint density at radius 3 is 2.83 bits per heavy atom. The first-order valence-corrected chi connectivity index (χ1v) is 3.15. The summed E-state index contributed by atoms with van der Waals surface area (Å²) >= 11 is 0. The Hall–Kier alpha value is -0.970. The molecule has 0 aromatic carbocycles. The summed E-state index contributed by atoms with van der Waals surface area (Å²) in [5.74, 6) is -0.542. The zero-order valence-corrected chi connectivity index (χ0v) is 7.45. The average molecular weight is 195 g/mol. The molecule has 0 aliphatic rings. The lowest BCUT2D eigenvalue weighted by Crippen LogP contribution is -2.34. The summed E-state index contributed by atoms with van der Waals surface area (Å²) in [6.07, 6.45) is 0. The Morgan fingerprint density at radius 2 is 2.42 bits per heavy atom. The Balaban J connectivity index is 0. The number of halogens is 1. The number of rotatable bonds is 4. The van der Waals surface area contributed by atoms with Crippen molar-refractivity contribution in [2.75, 3.05) is 13.2 Å². The van der Waals surface area contributed by atoms with Gasteiger partial charge in [0.1, 0.15) is 6.04 Å². The Morgan fingerprint density at radius 1 is 1.83 bits per heavy atom. The number of ether oxygens (including phenoxy) is 1. The van der Waals surface area contributed by atoms with E-state index in [1.807, 2.05) is 0 Å². The fourth-order valence-corrected chi connectivity index (χ4v) is 0.448. The second-order valence-electron chi connectivity index (χ2n) is 1.77. The van der Waals surface area contributed by atoms with Crippen molar-refractivity contribution >= 4 is 18.4 Å². The fraction of sp³-hybridized carbons (Fsp3) is 0.800. The maximum atomic E-state index is 10.7. The molecule has 0 aliphatic heterocycles. The molecule has 1 atom stereocenters. The van der Waals surface area contributed by atoms with E-state index in [-0.39, 0.29) is 25.6 Å². The lowest BCUT2D eigenvalue weighted by Gasteiger charge is -2.05. The molecule has 0 aliphatic carbocycles. The number of carbonyl (C=O) groups excluding carboxylic acids is 1. The van der Waals surface area contributed by atoms with Crippen LogP contribution in [0.4, 0.5) is 0 Å². The number of hydrogen-bond acceptors (Lipinski definition) is 4. The molecule has 0 spiro atoms. The Kier molecular flexibility index (Phi) is 9.22. The summed E-state index contributed by atoms with van der Waals surface area (Å²) in [4.78, 5) is 13.2. The maximum Gasteiger partial charge on any atom is 0.323 e. The molecule has 6 nitrogen and oxygen atoms in total. The molecule has 7 heteroatoms. The van der Waals surface area contributed by atoms with Gasteiger partial charge in [0, 0.05) is 4.91 Å². The van der Waals surface area contributed by atoms with Crippen molar-refractivity contribution in [3.8, 4) is 0 Å². The summed E-state index contributed by atoms with van der Waals surface area (Å²) in [6.45, 7) is 1.90. The molecule has 0 amide bonds. The van der Waals surface area contributed by atoms with Crippen LogP contribution in [0.5, 0.6) is 0 Å². The normalized spacial score (nSPS) is 10.5. The number of esters is 1. The van der Waals surface area contributed by atoms with E-state index in [2.05, 4.69) is 14.8 Å². The summed E-state index contributed by atoms with van der Waals surface area (Å²) in [6, 6.07) is -0.842. The van der Waals surface area contributed by atoms with Crippen molar-refractivity contribution in [1.29, 1.82) is 0 Å². The molecule has 0 heterocycles. The lowest BCUT2D eigenvalue weighted by molar-refractivity contribution is -0.144. The Labute approximate surface area is 76.1 Å². The second kappa shape index (κ2) is 8.13. The predicted octanol–water partition coefficient (Wildman–Crippen LogP) is 0.609. The lowest BCUT2D eigenvalue weighted by atomic mass is 10.3. The molecule has 0 bridgehead atoms. The van der Waals surface area contributed by atoms with E-state index < -0.39 is 12.0 Å². The van der Waals surface area contributed by atoms with Gasteiger partial charge >= 0.3 is 5.97 Å². The van der Waals surface area contributed by atoms with E-state index in [9.17, 15) is 4.79 Å². The van der Waals surface area contributed by atoms with Gasteiger partial charge in [-0.05, 0) is 12.5 Å². The number of hydrogen-bond donors (Lipinski definition) is 1. The van der Waals surface area contributed by atoms with Crippen LogP contribution in [0.2, 0.25) is 0 Å². The van der Waals surface area contributed by atoms with E-state index in [4.69, 9.17) is 11.3 Å². The summed E-state index contributed by atoms with van der Waals surface area (Å²) in [7, 11) is 0. The van der Waals surface area contributed by atoms with Gasteiger partial charge in [0.2, 0.25) is 0 Å². The highest BCUT2D eigenvalue weighted by molar-refractivity contribution is 5.85. The molecular weight excluding hydrogens is 184 g/mol. The van der Waals surface area contributed by atoms with E-state index in [0.29, 0.717) is 0 Å². The van der Waals surface area contributed by atoms with Crippen molar-refractivity contribution in [2.24, 2.45) is 10.8 Å². The minimum atomic E-state index is -0.842. The average Bonchev–Trinajstić information content (AvgIpc) is 2.00. The van der Waals surface area contributed by atoms with E-state index in [0.717, 1.165) is 0 Å². The summed E-state index contributed by atoms with van der Waals surface area (Å²) in [5.41, 5.74) is 13.1.